The second-order valence-corrected chi connectivity index (χ2v) is 5.80. The number of rotatable bonds is 2. The van der Waals surface area contributed by atoms with Gasteiger partial charge in [-0.15, -0.1) is 0 Å². The van der Waals surface area contributed by atoms with Gasteiger partial charge in [-0.05, 0) is 36.9 Å². The molecule has 1 unspecified atom stereocenters. The molecule has 0 amide bonds. The van der Waals surface area contributed by atoms with Gasteiger partial charge in [-0.3, -0.25) is 0 Å². The third-order valence-corrected chi connectivity index (χ3v) is 3.77. The number of nitrogens with one attached hydrogen (secondary N) is 1. The second kappa shape index (κ2) is 4.94. The maximum absolute atomic E-state index is 12.9. The molecule has 0 bridgehead atoms. The molecule has 1 aliphatic heterocycles. The van der Waals surface area contributed by atoms with Crippen molar-refractivity contribution in [2.24, 2.45) is 5.41 Å². The van der Waals surface area contributed by atoms with Gasteiger partial charge in [0.1, 0.15) is 11.5 Å². The van der Waals surface area contributed by atoms with E-state index in [0.29, 0.717) is 17.4 Å². The van der Waals surface area contributed by atoms with Crippen LogP contribution >= 0.6 is 0 Å². The van der Waals surface area contributed by atoms with Gasteiger partial charge in [0.2, 0.25) is 11.7 Å². The molecule has 106 valence electrons. The highest BCUT2D eigenvalue weighted by molar-refractivity contribution is 5.47. The summed E-state index contributed by atoms with van der Waals surface area (Å²) in [5.74, 6) is 0.576. The van der Waals surface area contributed by atoms with Crippen molar-refractivity contribution in [3.8, 4) is 11.5 Å². The highest BCUT2D eigenvalue weighted by Crippen LogP contribution is 2.39. The minimum atomic E-state index is -0.382. The second-order valence-electron chi connectivity index (χ2n) is 5.80. The molecule has 0 spiro atoms. The van der Waals surface area contributed by atoms with E-state index in [0.717, 1.165) is 25.6 Å². The van der Waals surface area contributed by atoms with E-state index in [1.54, 1.807) is 6.07 Å². The van der Waals surface area contributed by atoms with Gasteiger partial charge in [0.05, 0.1) is 12.2 Å². The van der Waals surface area contributed by atoms with Crippen LogP contribution < -0.4 is 5.32 Å². The third kappa shape index (κ3) is 2.43. The van der Waals surface area contributed by atoms with Crippen LogP contribution in [0.3, 0.4) is 0 Å². The van der Waals surface area contributed by atoms with Crippen molar-refractivity contribution in [2.45, 2.75) is 32.7 Å². The van der Waals surface area contributed by atoms with Gasteiger partial charge >= 0.3 is 0 Å². The molecule has 2 aromatic heterocycles. The predicted molar refractivity (Wildman–Crippen MR) is 71.2 cm³/mol. The van der Waals surface area contributed by atoms with Crippen molar-refractivity contribution in [3.63, 3.8) is 0 Å². The SMILES string of the molecule is CC1(C)CCCNC1c1nc(-c2ccc(F)cn2)no1. The molecule has 3 heterocycles. The number of pyridine rings is 1. The van der Waals surface area contributed by atoms with Crippen LogP contribution in [0.5, 0.6) is 0 Å². The monoisotopic (exact) mass is 276 g/mol. The molecule has 1 N–H and O–H groups in total. The first kappa shape index (κ1) is 13.2. The first-order chi connectivity index (χ1) is 9.56. The molecule has 1 atom stereocenters. The Morgan fingerprint density at radius 3 is 2.95 bits per heavy atom. The van der Waals surface area contributed by atoms with E-state index >= 15 is 0 Å². The first-order valence-corrected chi connectivity index (χ1v) is 6.75. The quantitative estimate of drug-likeness (QED) is 0.913. The lowest BCUT2D eigenvalue weighted by Gasteiger charge is -2.36. The van der Waals surface area contributed by atoms with Crippen molar-refractivity contribution in [3.05, 3.63) is 30.0 Å². The minimum Gasteiger partial charge on any atom is -0.337 e. The summed E-state index contributed by atoms with van der Waals surface area (Å²) < 4.78 is 18.2. The van der Waals surface area contributed by atoms with Crippen LogP contribution in [0.2, 0.25) is 0 Å². The van der Waals surface area contributed by atoms with Gasteiger partial charge < -0.3 is 9.84 Å². The zero-order valence-corrected chi connectivity index (χ0v) is 11.6. The van der Waals surface area contributed by atoms with Gasteiger partial charge in [0.15, 0.2) is 0 Å². The van der Waals surface area contributed by atoms with Gasteiger partial charge in [0.25, 0.3) is 0 Å². The maximum atomic E-state index is 12.9. The molecule has 1 fully saturated rings. The van der Waals surface area contributed by atoms with E-state index in [1.165, 1.54) is 6.07 Å². The topological polar surface area (TPSA) is 63.8 Å². The Balaban J connectivity index is 1.88. The van der Waals surface area contributed by atoms with Crippen molar-refractivity contribution >= 4 is 0 Å². The summed E-state index contributed by atoms with van der Waals surface area (Å²) in [6.45, 7) is 5.31. The molecule has 0 radical (unpaired) electrons. The Kier molecular flexibility index (Phi) is 3.25. The molecule has 0 aromatic carbocycles. The van der Waals surface area contributed by atoms with Crippen LogP contribution in [-0.2, 0) is 0 Å². The van der Waals surface area contributed by atoms with Crippen LogP contribution in [0.25, 0.3) is 11.5 Å². The molecule has 1 aliphatic rings. The average molecular weight is 276 g/mol. The van der Waals surface area contributed by atoms with Gasteiger partial charge in [-0.25, -0.2) is 9.37 Å². The third-order valence-electron chi connectivity index (χ3n) is 3.77. The summed E-state index contributed by atoms with van der Waals surface area (Å²) in [5, 5.41) is 7.37. The molecular weight excluding hydrogens is 259 g/mol. The van der Waals surface area contributed by atoms with Crippen LogP contribution in [0.15, 0.2) is 22.9 Å². The van der Waals surface area contributed by atoms with Crippen LogP contribution in [0, 0.1) is 11.2 Å². The molecule has 0 aliphatic carbocycles. The van der Waals surface area contributed by atoms with E-state index in [4.69, 9.17) is 4.52 Å². The molecule has 3 rings (SSSR count). The zero-order chi connectivity index (χ0) is 14.2. The highest BCUT2D eigenvalue weighted by Gasteiger charge is 2.37. The molecule has 1 saturated heterocycles. The van der Waals surface area contributed by atoms with E-state index in [1.807, 2.05) is 0 Å². The normalized spacial score (nSPS) is 21.9. The van der Waals surface area contributed by atoms with Gasteiger partial charge in [-0.1, -0.05) is 19.0 Å². The number of halogens is 1. The van der Waals surface area contributed by atoms with Crippen molar-refractivity contribution in [1.82, 2.24) is 20.4 Å². The van der Waals surface area contributed by atoms with E-state index in [2.05, 4.69) is 34.3 Å². The molecule has 2 aromatic rings. The fourth-order valence-corrected chi connectivity index (χ4v) is 2.60. The lowest BCUT2D eigenvalue weighted by molar-refractivity contribution is 0.146. The number of aromatic nitrogens is 3. The minimum absolute atomic E-state index is 0.0398. The molecule has 5 nitrogen and oxygen atoms in total. The Hall–Kier alpha value is -1.82. The summed E-state index contributed by atoms with van der Waals surface area (Å²) in [4.78, 5) is 8.37. The summed E-state index contributed by atoms with van der Waals surface area (Å²) in [5.41, 5.74) is 0.577. The van der Waals surface area contributed by atoms with Crippen molar-refractivity contribution in [1.29, 1.82) is 0 Å². The summed E-state index contributed by atoms with van der Waals surface area (Å²) in [7, 11) is 0. The van der Waals surface area contributed by atoms with E-state index in [9.17, 15) is 4.39 Å². The van der Waals surface area contributed by atoms with E-state index < -0.39 is 0 Å². The Labute approximate surface area is 116 Å². The number of nitrogens with zero attached hydrogens (tertiary/aromatic N) is 3. The van der Waals surface area contributed by atoms with E-state index in [-0.39, 0.29) is 17.3 Å². The Bertz CT molecular complexity index is 593. The summed E-state index contributed by atoms with van der Waals surface area (Å²) in [6.07, 6.45) is 3.40. The van der Waals surface area contributed by atoms with Crippen LogP contribution in [-0.4, -0.2) is 21.7 Å². The number of hydrogen-bond donors (Lipinski definition) is 1. The maximum Gasteiger partial charge on any atom is 0.244 e. The Morgan fingerprint density at radius 2 is 2.25 bits per heavy atom. The average Bonchev–Trinajstić information content (AvgIpc) is 2.88. The Morgan fingerprint density at radius 1 is 1.40 bits per heavy atom. The first-order valence-electron chi connectivity index (χ1n) is 6.75. The summed E-state index contributed by atoms with van der Waals surface area (Å²) in [6, 6.07) is 2.92. The van der Waals surface area contributed by atoms with Crippen LogP contribution in [0.4, 0.5) is 4.39 Å². The molecule has 0 saturated carbocycles. The number of hydrogen-bond acceptors (Lipinski definition) is 5. The van der Waals surface area contributed by atoms with Gasteiger partial charge in [-0.2, -0.15) is 4.98 Å². The smallest absolute Gasteiger partial charge is 0.244 e. The lowest BCUT2D eigenvalue weighted by atomic mass is 9.77. The van der Waals surface area contributed by atoms with Crippen molar-refractivity contribution in [2.75, 3.05) is 6.54 Å². The van der Waals surface area contributed by atoms with Gasteiger partial charge in [0, 0.05) is 0 Å². The largest absolute Gasteiger partial charge is 0.337 e. The highest BCUT2D eigenvalue weighted by atomic mass is 19.1. The fraction of sp³-hybridized carbons (Fsp3) is 0.500. The zero-order valence-electron chi connectivity index (χ0n) is 11.6. The molecule has 6 heteroatoms. The predicted octanol–water partition coefficient (Wildman–Crippen LogP) is 2.72. The lowest BCUT2D eigenvalue weighted by Crippen LogP contribution is -2.39. The number of piperidine rings is 1. The van der Waals surface area contributed by atoms with Crippen molar-refractivity contribution < 1.29 is 8.91 Å². The van der Waals surface area contributed by atoms with Crippen LogP contribution in [0.1, 0.15) is 38.6 Å². The standard InChI is InChI=1S/C14H17FN4O/c1-14(2)6-3-7-16-11(14)13-18-12(19-20-13)10-5-4-9(15)8-17-10/h4-5,8,11,16H,3,6-7H2,1-2H3. The summed E-state index contributed by atoms with van der Waals surface area (Å²) >= 11 is 0. The molecule has 20 heavy (non-hydrogen) atoms. The molecular formula is C14H17FN4O. The fourth-order valence-electron chi connectivity index (χ4n) is 2.60.